The number of ether oxygens (including phenoxy) is 1. The van der Waals surface area contributed by atoms with Crippen molar-refractivity contribution >= 4 is 15.9 Å². The molecule has 0 bridgehead atoms. The summed E-state index contributed by atoms with van der Waals surface area (Å²) in [6.45, 7) is 5.72. The molecule has 0 radical (unpaired) electrons. The summed E-state index contributed by atoms with van der Waals surface area (Å²) in [7, 11) is -0.00227. The van der Waals surface area contributed by atoms with E-state index in [1.165, 1.54) is 4.31 Å². The van der Waals surface area contributed by atoms with Gasteiger partial charge in [0.1, 0.15) is 5.75 Å². The van der Waals surface area contributed by atoms with E-state index in [9.17, 15) is 13.2 Å². The summed E-state index contributed by atoms with van der Waals surface area (Å²) in [5, 5.41) is 0. The van der Waals surface area contributed by atoms with E-state index >= 15 is 0 Å². The summed E-state index contributed by atoms with van der Waals surface area (Å²) in [6, 6.07) is 4.90. The van der Waals surface area contributed by atoms with Crippen LogP contribution in [0.3, 0.4) is 0 Å². The number of aryl methyl sites for hydroxylation is 1. The summed E-state index contributed by atoms with van der Waals surface area (Å²) in [5.74, 6) is 0.501. The van der Waals surface area contributed by atoms with E-state index in [0.29, 0.717) is 18.7 Å². The van der Waals surface area contributed by atoms with Gasteiger partial charge >= 0.3 is 0 Å². The molecule has 2 saturated heterocycles. The van der Waals surface area contributed by atoms with E-state index < -0.39 is 10.0 Å². The minimum atomic E-state index is -3.62. The van der Waals surface area contributed by atoms with Gasteiger partial charge in [0.2, 0.25) is 15.9 Å². The number of benzene rings is 1. The molecule has 2 aliphatic heterocycles. The molecule has 2 aliphatic rings. The van der Waals surface area contributed by atoms with Crippen LogP contribution >= 0.6 is 0 Å². The lowest BCUT2D eigenvalue weighted by molar-refractivity contribution is -0.138. The molecule has 0 aliphatic carbocycles. The molecule has 3 rings (SSSR count). The van der Waals surface area contributed by atoms with Gasteiger partial charge in [-0.25, -0.2) is 8.42 Å². The molecule has 0 aromatic heterocycles. The number of rotatable bonds is 4. The fraction of sp³-hybridized carbons (Fsp3) is 0.632. The van der Waals surface area contributed by atoms with Crippen molar-refractivity contribution in [1.82, 2.24) is 14.1 Å². The predicted molar refractivity (Wildman–Crippen MR) is 103 cm³/mol. The number of carbonyl (C=O) groups is 1. The Morgan fingerprint density at radius 2 is 1.85 bits per heavy atom. The first kappa shape index (κ1) is 20.1. The molecule has 1 aromatic rings. The molecule has 1 aromatic carbocycles. The van der Waals surface area contributed by atoms with E-state index in [4.69, 9.17) is 4.74 Å². The van der Waals surface area contributed by atoms with Crippen molar-refractivity contribution in [2.24, 2.45) is 5.92 Å². The number of nitrogens with zero attached hydrogens (tertiary/aromatic N) is 3. The van der Waals surface area contributed by atoms with Crippen molar-refractivity contribution in [3.63, 3.8) is 0 Å². The van der Waals surface area contributed by atoms with Gasteiger partial charge in [0, 0.05) is 39.3 Å². The third-order valence-corrected chi connectivity index (χ3v) is 7.41. The normalized spacial score (nSPS) is 22.6. The van der Waals surface area contributed by atoms with Gasteiger partial charge in [0.15, 0.2) is 0 Å². The van der Waals surface area contributed by atoms with Crippen LogP contribution in [0.25, 0.3) is 0 Å². The van der Waals surface area contributed by atoms with Crippen LogP contribution in [0, 0.1) is 12.8 Å². The Morgan fingerprint density at radius 3 is 2.48 bits per heavy atom. The zero-order valence-corrected chi connectivity index (χ0v) is 17.2. The van der Waals surface area contributed by atoms with Gasteiger partial charge in [-0.05, 0) is 50.6 Å². The van der Waals surface area contributed by atoms with E-state index in [0.717, 1.165) is 38.2 Å². The Bertz CT molecular complexity index is 788. The van der Waals surface area contributed by atoms with E-state index in [1.54, 1.807) is 25.3 Å². The molecule has 27 heavy (non-hydrogen) atoms. The quantitative estimate of drug-likeness (QED) is 0.766. The number of hydrogen-bond donors (Lipinski definition) is 0. The van der Waals surface area contributed by atoms with Crippen molar-refractivity contribution in [2.75, 3.05) is 53.4 Å². The lowest BCUT2D eigenvalue weighted by Crippen LogP contribution is -2.52. The number of hydrogen-bond acceptors (Lipinski definition) is 5. The highest BCUT2D eigenvalue weighted by atomic mass is 32.2. The topological polar surface area (TPSA) is 70.2 Å². The summed E-state index contributed by atoms with van der Waals surface area (Å²) in [6.07, 6.45) is 1.46. The van der Waals surface area contributed by atoms with Crippen LogP contribution < -0.4 is 4.74 Å². The molecule has 2 fully saturated rings. The number of amides is 1. The first-order valence-electron chi connectivity index (χ1n) is 9.45. The van der Waals surface area contributed by atoms with Gasteiger partial charge in [-0.1, -0.05) is 0 Å². The smallest absolute Gasteiger partial charge is 0.243 e. The predicted octanol–water partition coefficient (Wildman–Crippen LogP) is 1.18. The minimum Gasteiger partial charge on any atom is -0.496 e. The summed E-state index contributed by atoms with van der Waals surface area (Å²) in [5.41, 5.74) is 0.778. The van der Waals surface area contributed by atoms with Crippen LogP contribution in [-0.2, 0) is 14.8 Å². The van der Waals surface area contributed by atoms with Crippen molar-refractivity contribution in [3.8, 4) is 5.75 Å². The van der Waals surface area contributed by atoms with Gasteiger partial charge in [0.25, 0.3) is 0 Å². The average Bonchev–Trinajstić information content (AvgIpc) is 2.68. The number of carbonyl (C=O) groups excluding carboxylic acids is 1. The standard InChI is InChI=1S/C19H29N3O4S/c1-15-13-17(6-7-18(15)26-3)27(24,25)22-8-4-5-16(14-22)19(23)21-11-9-20(2)10-12-21/h6-7,13,16H,4-5,8-12,14H2,1-3H3/t16-/m0/s1. The molecule has 2 heterocycles. The number of piperidine rings is 1. The van der Waals surface area contributed by atoms with Crippen LogP contribution in [0.5, 0.6) is 5.75 Å². The zero-order valence-electron chi connectivity index (χ0n) is 16.3. The van der Waals surface area contributed by atoms with Crippen LogP contribution in [-0.4, -0.2) is 81.9 Å². The Hall–Kier alpha value is -1.64. The number of piperazine rings is 1. The second kappa shape index (κ2) is 8.16. The van der Waals surface area contributed by atoms with Gasteiger partial charge in [-0.3, -0.25) is 4.79 Å². The molecule has 0 unspecified atom stereocenters. The average molecular weight is 396 g/mol. The highest BCUT2D eigenvalue weighted by Gasteiger charge is 2.35. The van der Waals surface area contributed by atoms with Crippen molar-refractivity contribution in [3.05, 3.63) is 23.8 Å². The second-order valence-electron chi connectivity index (χ2n) is 7.46. The van der Waals surface area contributed by atoms with Gasteiger partial charge in [-0.15, -0.1) is 0 Å². The third kappa shape index (κ3) is 4.28. The molecule has 7 nitrogen and oxygen atoms in total. The fourth-order valence-electron chi connectivity index (χ4n) is 3.81. The molecule has 8 heteroatoms. The van der Waals surface area contributed by atoms with Gasteiger partial charge in [-0.2, -0.15) is 4.31 Å². The van der Waals surface area contributed by atoms with Crippen molar-refractivity contribution in [1.29, 1.82) is 0 Å². The molecule has 1 amide bonds. The van der Waals surface area contributed by atoms with Crippen molar-refractivity contribution in [2.45, 2.75) is 24.7 Å². The highest BCUT2D eigenvalue weighted by Crippen LogP contribution is 2.28. The maximum atomic E-state index is 13.1. The largest absolute Gasteiger partial charge is 0.496 e. The molecule has 0 saturated carbocycles. The van der Waals surface area contributed by atoms with Crippen LogP contribution in [0.2, 0.25) is 0 Å². The number of likely N-dealkylation sites (N-methyl/N-ethyl adjacent to an activating group) is 1. The molecule has 1 atom stereocenters. The Labute approximate surface area is 161 Å². The molecule has 150 valence electrons. The highest BCUT2D eigenvalue weighted by molar-refractivity contribution is 7.89. The minimum absolute atomic E-state index is 0.0916. The maximum absolute atomic E-state index is 13.1. The van der Waals surface area contributed by atoms with Crippen molar-refractivity contribution < 1.29 is 17.9 Å². The Kier molecular flexibility index (Phi) is 6.08. The second-order valence-corrected chi connectivity index (χ2v) is 9.40. The monoisotopic (exact) mass is 395 g/mol. The molecule has 0 N–H and O–H groups in total. The summed E-state index contributed by atoms with van der Waals surface area (Å²) < 4.78 is 32.8. The molecule has 0 spiro atoms. The maximum Gasteiger partial charge on any atom is 0.243 e. The number of methoxy groups -OCH3 is 1. The Morgan fingerprint density at radius 1 is 1.15 bits per heavy atom. The van der Waals surface area contributed by atoms with E-state index in [2.05, 4.69) is 4.90 Å². The SMILES string of the molecule is COc1ccc(S(=O)(=O)N2CCC[C@H](C(=O)N3CCN(C)CC3)C2)cc1C. The zero-order chi connectivity index (χ0) is 19.6. The molecular weight excluding hydrogens is 366 g/mol. The lowest BCUT2D eigenvalue weighted by atomic mass is 9.98. The van der Waals surface area contributed by atoms with Crippen LogP contribution in [0.15, 0.2) is 23.1 Å². The first-order valence-corrected chi connectivity index (χ1v) is 10.9. The van der Waals surface area contributed by atoms with E-state index in [1.807, 2.05) is 18.9 Å². The third-order valence-electron chi connectivity index (χ3n) is 5.55. The fourth-order valence-corrected chi connectivity index (χ4v) is 5.42. The van der Waals surface area contributed by atoms with Gasteiger partial charge in [0.05, 0.1) is 17.9 Å². The lowest BCUT2D eigenvalue weighted by Gasteiger charge is -2.37. The molecular formula is C19H29N3O4S. The Balaban J connectivity index is 1.73. The van der Waals surface area contributed by atoms with Crippen LogP contribution in [0.1, 0.15) is 18.4 Å². The summed E-state index contributed by atoms with van der Waals surface area (Å²) in [4.78, 5) is 17.2. The summed E-state index contributed by atoms with van der Waals surface area (Å²) >= 11 is 0. The first-order chi connectivity index (χ1) is 12.8. The van der Waals surface area contributed by atoms with E-state index in [-0.39, 0.29) is 23.3 Å². The van der Waals surface area contributed by atoms with Gasteiger partial charge < -0.3 is 14.5 Å². The van der Waals surface area contributed by atoms with Crippen LogP contribution in [0.4, 0.5) is 0 Å². The number of sulfonamides is 1.